The number of carbonyl (C=O) groups is 1. The number of hydrogen-bond donors (Lipinski definition) is 2. The molecule has 3 heteroatoms. The van der Waals surface area contributed by atoms with Gasteiger partial charge >= 0.3 is 5.97 Å². The molecule has 74 valence electrons. The normalized spacial score (nSPS) is 16.4. The van der Waals surface area contributed by atoms with Crippen molar-refractivity contribution in [1.82, 2.24) is 0 Å². The molecule has 0 amide bonds. The number of rotatable bonds is 2. The van der Waals surface area contributed by atoms with Crippen LogP contribution in [0.1, 0.15) is 29.2 Å². The van der Waals surface area contributed by atoms with Crippen LogP contribution in [0.5, 0.6) is 0 Å². The van der Waals surface area contributed by atoms with E-state index in [9.17, 15) is 4.79 Å². The van der Waals surface area contributed by atoms with Gasteiger partial charge in [0.2, 0.25) is 0 Å². The molecule has 0 bridgehead atoms. The van der Waals surface area contributed by atoms with Gasteiger partial charge in [-0.1, -0.05) is 18.2 Å². The molecule has 0 radical (unpaired) electrons. The third-order valence-corrected chi connectivity index (χ3v) is 2.78. The van der Waals surface area contributed by atoms with Crippen LogP contribution in [0.25, 0.3) is 0 Å². The largest absolute Gasteiger partial charge is 0.480 e. The predicted molar refractivity (Wildman–Crippen MR) is 53.0 cm³/mol. The van der Waals surface area contributed by atoms with Crippen molar-refractivity contribution in [2.45, 2.75) is 25.3 Å². The molecule has 0 fully saturated rings. The zero-order chi connectivity index (χ0) is 10.1. The average Bonchev–Trinajstić information content (AvgIpc) is 2.63. The summed E-state index contributed by atoms with van der Waals surface area (Å²) in [7, 11) is 0. The molecule has 3 N–H and O–H groups in total. The fourth-order valence-corrected chi connectivity index (χ4v) is 2.07. The first kappa shape index (κ1) is 9.21. The van der Waals surface area contributed by atoms with Crippen molar-refractivity contribution in [3.63, 3.8) is 0 Å². The summed E-state index contributed by atoms with van der Waals surface area (Å²) >= 11 is 0. The summed E-state index contributed by atoms with van der Waals surface area (Å²) in [4.78, 5) is 10.8. The van der Waals surface area contributed by atoms with Crippen LogP contribution >= 0.6 is 0 Å². The molecule has 1 aliphatic rings. The third-order valence-electron chi connectivity index (χ3n) is 2.78. The molecule has 0 saturated heterocycles. The molecule has 0 aliphatic heterocycles. The van der Waals surface area contributed by atoms with E-state index in [0.29, 0.717) is 0 Å². The van der Waals surface area contributed by atoms with Crippen molar-refractivity contribution in [3.8, 4) is 0 Å². The Labute approximate surface area is 82.5 Å². The Bertz CT molecular complexity index is 374. The minimum atomic E-state index is -0.953. The lowest BCUT2D eigenvalue weighted by Crippen LogP contribution is -2.22. The first-order valence-corrected chi connectivity index (χ1v) is 4.79. The van der Waals surface area contributed by atoms with E-state index >= 15 is 0 Å². The Balaban J connectivity index is 2.44. The van der Waals surface area contributed by atoms with E-state index < -0.39 is 12.0 Å². The lowest BCUT2D eigenvalue weighted by Gasteiger charge is -2.11. The van der Waals surface area contributed by atoms with Gasteiger partial charge in [-0.05, 0) is 36.0 Å². The number of benzene rings is 1. The summed E-state index contributed by atoms with van der Waals surface area (Å²) in [5, 5.41) is 8.84. The van der Waals surface area contributed by atoms with Crippen LogP contribution in [0, 0.1) is 0 Å². The van der Waals surface area contributed by atoms with Gasteiger partial charge in [-0.3, -0.25) is 4.79 Å². The van der Waals surface area contributed by atoms with Gasteiger partial charge in [0, 0.05) is 0 Å². The van der Waals surface area contributed by atoms with Crippen molar-refractivity contribution in [2.24, 2.45) is 5.73 Å². The Hall–Kier alpha value is -1.35. The first-order valence-electron chi connectivity index (χ1n) is 4.79. The van der Waals surface area contributed by atoms with Crippen molar-refractivity contribution in [2.75, 3.05) is 0 Å². The summed E-state index contributed by atoms with van der Waals surface area (Å²) in [5.74, 6) is -0.953. The Morgan fingerprint density at radius 1 is 1.43 bits per heavy atom. The highest BCUT2D eigenvalue weighted by molar-refractivity contribution is 5.76. The number of nitrogens with two attached hydrogens (primary N) is 1. The van der Waals surface area contributed by atoms with E-state index in [1.807, 2.05) is 12.1 Å². The van der Waals surface area contributed by atoms with Gasteiger partial charge in [0.15, 0.2) is 0 Å². The minimum absolute atomic E-state index is 0.785. The van der Waals surface area contributed by atoms with Gasteiger partial charge in [-0.15, -0.1) is 0 Å². The second-order valence-corrected chi connectivity index (χ2v) is 3.65. The number of carboxylic acid groups (broad SMARTS) is 1. The predicted octanol–water partition coefficient (Wildman–Crippen LogP) is 1.26. The molecule has 1 atom stereocenters. The van der Waals surface area contributed by atoms with Crippen LogP contribution in [0.15, 0.2) is 18.2 Å². The lowest BCUT2D eigenvalue weighted by atomic mass is 9.98. The van der Waals surface area contributed by atoms with Gasteiger partial charge in [0.05, 0.1) is 0 Å². The summed E-state index contributed by atoms with van der Waals surface area (Å²) in [6.45, 7) is 0. The highest BCUT2D eigenvalue weighted by Gasteiger charge is 2.21. The maximum atomic E-state index is 10.8. The fraction of sp³-hybridized carbons (Fsp3) is 0.364. The van der Waals surface area contributed by atoms with Crippen LogP contribution in [-0.4, -0.2) is 11.1 Å². The second kappa shape index (κ2) is 3.42. The standard InChI is InChI=1S/C11H13NO2/c12-10(11(13)14)9-6-2-4-7-3-1-5-8(7)9/h2,4,6,10H,1,3,5,12H2,(H,13,14). The summed E-state index contributed by atoms with van der Waals surface area (Å²) in [6, 6.07) is 4.90. The van der Waals surface area contributed by atoms with Crippen LogP contribution < -0.4 is 5.73 Å². The Kier molecular flexibility index (Phi) is 2.25. The molecular weight excluding hydrogens is 178 g/mol. The molecule has 1 aromatic rings. The van der Waals surface area contributed by atoms with Crippen molar-refractivity contribution in [3.05, 3.63) is 34.9 Å². The fourth-order valence-electron chi connectivity index (χ4n) is 2.07. The summed E-state index contributed by atoms with van der Waals surface area (Å²) < 4.78 is 0. The van der Waals surface area contributed by atoms with Gasteiger partial charge < -0.3 is 10.8 Å². The maximum absolute atomic E-state index is 10.8. The van der Waals surface area contributed by atoms with E-state index in [4.69, 9.17) is 10.8 Å². The summed E-state index contributed by atoms with van der Waals surface area (Å²) in [5.41, 5.74) is 8.81. The zero-order valence-corrected chi connectivity index (χ0v) is 7.86. The van der Waals surface area contributed by atoms with Crippen LogP contribution in [0.2, 0.25) is 0 Å². The van der Waals surface area contributed by atoms with E-state index in [2.05, 4.69) is 6.07 Å². The molecule has 0 saturated carbocycles. The molecule has 3 nitrogen and oxygen atoms in total. The van der Waals surface area contributed by atoms with Gasteiger partial charge in [-0.25, -0.2) is 0 Å². The summed E-state index contributed by atoms with van der Waals surface area (Å²) in [6.07, 6.45) is 3.13. The molecule has 0 aromatic heterocycles. The Morgan fingerprint density at radius 2 is 2.21 bits per heavy atom. The molecule has 0 spiro atoms. The number of hydrogen-bond acceptors (Lipinski definition) is 2. The number of aryl methyl sites for hydroxylation is 1. The van der Waals surface area contributed by atoms with Gasteiger partial charge in [0.1, 0.15) is 6.04 Å². The van der Waals surface area contributed by atoms with Crippen molar-refractivity contribution >= 4 is 5.97 Å². The number of aliphatic carboxylic acids is 1. The highest BCUT2D eigenvalue weighted by Crippen LogP contribution is 2.28. The van der Waals surface area contributed by atoms with E-state index in [0.717, 1.165) is 30.4 Å². The zero-order valence-electron chi connectivity index (χ0n) is 7.86. The minimum Gasteiger partial charge on any atom is -0.480 e. The topological polar surface area (TPSA) is 63.3 Å². The molecule has 0 heterocycles. The smallest absolute Gasteiger partial charge is 0.325 e. The quantitative estimate of drug-likeness (QED) is 0.739. The van der Waals surface area contributed by atoms with Gasteiger partial charge in [0.25, 0.3) is 0 Å². The monoisotopic (exact) mass is 191 g/mol. The number of fused-ring (bicyclic) bond motifs is 1. The molecule has 1 aliphatic carbocycles. The molecular formula is C11H13NO2. The molecule has 1 unspecified atom stereocenters. The van der Waals surface area contributed by atoms with Crippen LogP contribution in [-0.2, 0) is 17.6 Å². The Morgan fingerprint density at radius 3 is 2.93 bits per heavy atom. The SMILES string of the molecule is NC(C(=O)O)c1cccc2c1CCC2. The second-order valence-electron chi connectivity index (χ2n) is 3.65. The van der Waals surface area contributed by atoms with Gasteiger partial charge in [-0.2, -0.15) is 0 Å². The lowest BCUT2D eigenvalue weighted by molar-refractivity contribution is -0.138. The van der Waals surface area contributed by atoms with E-state index in [1.54, 1.807) is 0 Å². The first-order chi connectivity index (χ1) is 6.70. The van der Waals surface area contributed by atoms with Crippen LogP contribution in [0.4, 0.5) is 0 Å². The van der Waals surface area contributed by atoms with Crippen molar-refractivity contribution in [1.29, 1.82) is 0 Å². The van der Waals surface area contributed by atoms with E-state index in [1.165, 1.54) is 5.56 Å². The van der Waals surface area contributed by atoms with Crippen LogP contribution in [0.3, 0.4) is 0 Å². The van der Waals surface area contributed by atoms with Crippen molar-refractivity contribution < 1.29 is 9.90 Å². The van der Waals surface area contributed by atoms with E-state index in [-0.39, 0.29) is 0 Å². The molecule has 1 aromatic carbocycles. The number of carboxylic acids is 1. The molecule has 2 rings (SSSR count). The third kappa shape index (κ3) is 1.40. The average molecular weight is 191 g/mol. The molecule has 14 heavy (non-hydrogen) atoms. The highest BCUT2D eigenvalue weighted by atomic mass is 16.4. The maximum Gasteiger partial charge on any atom is 0.325 e.